The second kappa shape index (κ2) is 7.86. The van der Waals surface area contributed by atoms with Crippen LogP contribution in [0.4, 0.5) is 8.78 Å². The molecule has 3 aliphatic rings. The summed E-state index contributed by atoms with van der Waals surface area (Å²) >= 11 is 0. The highest BCUT2D eigenvalue weighted by Crippen LogP contribution is 2.65. The molecule has 1 fully saturated rings. The van der Waals surface area contributed by atoms with Crippen LogP contribution in [0.1, 0.15) is 38.8 Å². The van der Waals surface area contributed by atoms with E-state index in [4.69, 9.17) is 9.47 Å². The van der Waals surface area contributed by atoms with Gasteiger partial charge in [0.25, 0.3) is 0 Å². The van der Waals surface area contributed by atoms with Crippen LogP contribution in [0.3, 0.4) is 0 Å². The molecule has 1 aliphatic carbocycles. The molecule has 3 atom stereocenters. The van der Waals surface area contributed by atoms with E-state index in [0.29, 0.717) is 0 Å². The van der Waals surface area contributed by atoms with E-state index in [2.05, 4.69) is 0 Å². The normalized spacial score (nSPS) is 26.1. The van der Waals surface area contributed by atoms with Gasteiger partial charge in [-0.2, -0.15) is 0 Å². The van der Waals surface area contributed by atoms with Crippen molar-refractivity contribution in [1.82, 2.24) is 0 Å². The van der Waals surface area contributed by atoms with Crippen LogP contribution in [-0.4, -0.2) is 40.4 Å². The molecular weight excluding hydrogens is 470 g/mol. The quantitative estimate of drug-likeness (QED) is 0.586. The second-order valence-corrected chi connectivity index (χ2v) is 9.34. The van der Waals surface area contributed by atoms with Gasteiger partial charge in [0.2, 0.25) is 0 Å². The van der Waals surface area contributed by atoms with E-state index in [0.717, 1.165) is 19.9 Å². The molecule has 2 aromatic carbocycles. The summed E-state index contributed by atoms with van der Waals surface area (Å²) in [6.07, 6.45) is -1.30. The molecule has 0 radical (unpaired) electrons. The first-order valence-corrected chi connectivity index (χ1v) is 11.4. The number of carbonyl (C=O) groups excluding carboxylic acids is 4. The highest BCUT2D eigenvalue weighted by atomic mass is 19.1. The Balaban J connectivity index is 1.93. The number of allylic oxidation sites excluding steroid dienone is 2. The van der Waals surface area contributed by atoms with E-state index in [1.165, 1.54) is 50.2 Å². The molecule has 0 unspecified atom stereocenters. The molecule has 0 saturated carbocycles. The number of ether oxygens (including phenoxy) is 2. The summed E-state index contributed by atoms with van der Waals surface area (Å²) in [6.45, 7) is 5.09. The van der Waals surface area contributed by atoms with Crippen molar-refractivity contribution in [3.05, 3.63) is 82.6 Å². The van der Waals surface area contributed by atoms with Crippen LogP contribution >= 0.6 is 0 Å². The summed E-state index contributed by atoms with van der Waals surface area (Å²) in [5.41, 5.74) is -3.51. The molecule has 0 bridgehead atoms. The molecule has 36 heavy (non-hydrogen) atoms. The highest BCUT2D eigenvalue weighted by molar-refractivity contribution is 6.37. The zero-order chi connectivity index (χ0) is 26.2. The van der Waals surface area contributed by atoms with Crippen molar-refractivity contribution < 1.29 is 37.4 Å². The van der Waals surface area contributed by atoms with Gasteiger partial charge < -0.3 is 9.47 Å². The maximum absolute atomic E-state index is 14.5. The monoisotopic (exact) mass is 492 g/mol. The van der Waals surface area contributed by atoms with Gasteiger partial charge in [0.15, 0.2) is 34.3 Å². The lowest BCUT2D eigenvalue weighted by molar-refractivity contribution is -0.159. The van der Waals surface area contributed by atoms with E-state index in [1.54, 1.807) is 6.07 Å². The van der Waals surface area contributed by atoms with Crippen LogP contribution < -0.4 is 0 Å². The van der Waals surface area contributed by atoms with E-state index in [9.17, 15) is 28.0 Å². The van der Waals surface area contributed by atoms with E-state index >= 15 is 0 Å². The first-order valence-electron chi connectivity index (χ1n) is 11.4. The van der Waals surface area contributed by atoms with Gasteiger partial charge in [-0.1, -0.05) is 24.3 Å². The van der Waals surface area contributed by atoms with Crippen molar-refractivity contribution in [2.24, 2.45) is 5.92 Å². The fourth-order valence-electron chi connectivity index (χ4n) is 6.04. The van der Waals surface area contributed by atoms with Crippen molar-refractivity contribution in [2.75, 3.05) is 0 Å². The summed E-state index contributed by atoms with van der Waals surface area (Å²) in [4.78, 5) is 53.2. The Hall–Kier alpha value is -3.78. The summed E-state index contributed by atoms with van der Waals surface area (Å²) in [5.74, 6) is -5.17. The lowest BCUT2D eigenvalue weighted by Crippen LogP contribution is -2.55. The number of halogens is 2. The number of benzene rings is 2. The summed E-state index contributed by atoms with van der Waals surface area (Å²) in [5, 5.41) is 0. The van der Waals surface area contributed by atoms with Crippen LogP contribution in [0, 0.1) is 17.6 Å². The molecule has 5 rings (SSSR count). The standard InChI is InChI=1S/C28H22F2O6/c1-13(31)21-14(2)35-28-23(18-8-6-10-20(30)12-18)22(17-7-5-9-19(29)11-17)24(34)25(28)27(15(3)32,16(4)33)36-26(21)28/h5-12,25-26H,1-4H3/t25-,26+,28+/m1/s1. The predicted molar refractivity (Wildman–Crippen MR) is 124 cm³/mol. The minimum atomic E-state index is -2.25. The van der Waals surface area contributed by atoms with Crippen LogP contribution in [0.15, 0.2) is 59.9 Å². The Bertz CT molecular complexity index is 1440. The van der Waals surface area contributed by atoms with Gasteiger partial charge >= 0.3 is 0 Å². The molecule has 6 nitrogen and oxygen atoms in total. The fraction of sp³-hybridized carbons (Fsp3) is 0.286. The first kappa shape index (κ1) is 23.9. The van der Waals surface area contributed by atoms with E-state index < -0.39 is 58.0 Å². The minimum absolute atomic E-state index is 0.0251. The van der Waals surface area contributed by atoms with Crippen LogP contribution in [0.25, 0.3) is 11.1 Å². The smallest absolute Gasteiger partial charge is 0.198 e. The van der Waals surface area contributed by atoms with Gasteiger partial charge in [-0.15, -0.1) is 0 Å². The van der Waals surface area contributed by atoms with Crippen molar-refractivity contribution in [1.29, 1.82) is 0 Å². The Morgan fingerprint density at radius 3 is 1.97 bits per heavy atom. The molecule has 1 spiro atoms. The van der Waals surface area contributed by atoms with Crippen molar-refractivity contribution in [3.63, 3.8) is 0 Å². The minimum Gasteiger partial charge on any atom is -0.483 e. The predicted octanol–water partition coefficient (Wildman–Crippen LogP) is 4.02. The average molecular weight is 492 g/mol. The molecule has 2 aliphatic heterocycles. The lowest BCUT2D eigenvalue weighted by Gasteiger charge is -2.33. The fourth-order valence-corrected chi connectivity index (χ4v) is 6.04. The first-order chi connectivity index (χ1) is 17.0. The number of hydrogen-bond donors (Lipinski definition) is 0. The van der Waals surface area contributed by atoms with Gasteiger partial charge in [0.1, 0.15) is 29.4 Å². The largest absolute Gasteiger partial charge is 0.483 e. The molecule has 1 saturated heterocycles. The molecule has 2 aromatic rings. The SMILES string of the molecule is CC(=O)C1=C(C)O[C@@]23C(c4cccc(F)c4)=C(c4cccc(F)c4)C(=O)[C@@H]2C(C(C)=O)(C(C)=O)O[C@@H]13. The van der Waals surface area contributed by atoms with Gasteiger partial charge in [-0.3, -0.25) is 19.2 Å². The summed E-state index contributed by atoms with van der Waals surface area (Å²) < 4.78 is 41.3. The van der Waals surface area contributed by atoms with Crippen LogP contribution in [0.2, 0.25) is 0 Å². The maximum Gasteiger partial charge on any atom is 0.198 e. The van der Waals surface area contributed by atoms with Gasteiger partial charge in [-0.25, -0.2) is 8.78 Å². The van der Waals surface area contributed by atoms with Gasteiger partial charge in [0.05, 0.1) is 5.57 Å². The maximum atomic E-state index is 14.5. The summed E-state index contributed by atoms with van der Waals surface area (Å²) in [7, 11) is 0. The lowest BCUT2D eigenvalue weighted by atomic mass is 9.70. The molecule has 0 amide bonds. The molecule has 184 valence electrons. The van der Waals surface area contributed by atoms with Crippen molar-refractivity contribution in [2.45, 2.75) is 45.0 Å². The zero-order valence-electron chi connectivity index (χ0n) is 20.0. The molecule has 0 aromatic heterocycles. The van der Waals surface area contributed by atoms with Crippen LogP contribution in [-0.2, 0) is 28.7 Å². The topological polar surface area (TPSA) is 86.7 Å². The Kier molecular flexibility index (Phi) is 5.23. The number of Topliss-reactive ketones (excluding diaryl/α,β-unsaturated/α-hetero) is 4. The number of carbonyl (C=O) groups is 4. The van der Waals surface area contributed by atoms with Gasteiger partial charge in [0, 0.05) is 11.1 Å². The summed E-state index contributed by atoms with van der Waals surface area (Å²) in [6, 6.07) is 10.7. The van der Waals surface area contributed by atoms with Crippen LogP contribution in [0.5, 0.6) is 0 Å². The van der Waals surface area contributed by atoms with Crippen molar-refractivity contribution >= 4 is 34.3 Å². The van der Waals surface area contributed by atoms with E-state index in [-0.39, 0.29) is 33.6 Å². The number of ketones is 4. The third-order valence-corrected chi connectivity index (χ3v) is 7.29. The number of rotatable bonds is 5. The third-order valence-electron chi connectivity index (χ3n) is 7.29. The van der Waals surface area contributed by atoms with E-state index in [1.807, 2.05) is 0 Å². The Morgan fingerprint density at radius 2 is 1.44 bits per heavy atom. The molecule has 2 heterocycles. The van der Waals surface area contributed by atoms with Crippen molar-refractivity contribution in [3.8, 4) is 0 Å². The molecular formula is C28H22F2O6. The number of hydrogen-bond acceptors (Lipinski definition) is 6. The molecule has 8 heteroatoms. The zero-order valence-corrected chi connectivity index (χ0v) is 20.0. The average Bonchev–Trinajstić information content (AvgIpc) is 3.33. The third kappa shape index (κ3) is 2.91. The molecule has 0 N–H and O–H groups in total. The Labute approximate surface area is 205 Å². The Morgan fingerprint density at radius 1 is 0.889 bits per heavy atom. The van der Waals surface area contributed by atoms with Gasteiger partial charge in [-0.05, 0) is 63.1 Å². The highest BCUT2D eigenvalue weighted by Gasteiger charge is 2.79. The second-order valence-electron chi connectivity index (χ2n) is 9.34.